The van der Waals surface area contributed by atoms with Crippen LogP contribution < -0.4 is 16.2 Å². The van der Waals surface area contributed by atoms with Crippen molar-refractivity contribution in [2.24, 2.45) is 5.73 Å². The van der Waals surface area contributed by atoms with Crippen LogP contribution in [0.2, 0.25) is 0 Å². The molecule has 0 radical (unpaired) electrons. The minimum atomic E-state index is -4.69. The number of guanidine groups is 1. The van der Waals surface area contributed by atoms with E-state index in [0.717, 1.165) is 17.0 Å². The van der Waals surface area contributed by atoms with Gasteiger partial charge in [-0.3, -0.25) is 20.1 Å². The number of anilines is 1. The zero-order chi connectivity index (χ0) is 20.6. The lowest BCUT2D eigenvalue weighted by Gasteiger charge is -2.12. The van der Waals surface area contributed by atoms with Gasteiger partial charge in [0.15, 0.2) is 5.96 Å². The largest absolute Gasteiger partial charge is 0.456 e. The topological polar surface area (TPSA) is 134 Å². The minimum Gasteiger partial charge on any atom is -0.456 e. The maximum absolute atomic E-state index is 13.5. The molecule has 3 aromatic rings. The Labute approximate surface area is 156 Å². The van der Waals surface area contributed by atoms with Crippen LogP contribution in [-0.4, -0.2) is 33.8 Å². The highest BCUT2D eigenvalue weighted by Gasteiger charge is 2.34. The second-order valence-electron chi connectivity index (χ2n) is 5.92. The maximum atomic E-state index is 13.5. The molecular weight excluding hydrogens is 377 g/mol. The summed E-state index contributed by atoms with van der Waals surface area (Å²) in [7, 11) is 1.24. The van der Waals surface area contributed by atoms with Gasteiger partial charge in [-0.15, -0.1) is 0 Å². The Morgan fingerprint density at radius 3 is 2.54 bits per heavy atom. The highest BCUT2D eigenvalue weighted by atomic mass is 19.4. The predicted molar refractivity (Wildman–Crippen MR) is 96.0 cm³/mol. The number of H-pyrrole nitrogens is 1. The summed E-state index contributed by atoms with van der Waals surface area (Å²) in [5, 5.41) is 7.07. The van der Waals surface area contributed by atoms with Crippen LogP contribution in [-0.2, 0) is 6.18 Å². The molecule has 3 rings (SSSR count). The summed E-state index contributed by atoms with van der Waals surface area (Å²) in [5.41, 5.74) is 10.0. The Bertz CT molecular complexity index is 1080. The maximum Gasteiger partial charge on any atom is 0.417 e. The van der Waals surface area contributed by atoms with Crippen LogP contribution in [0.4, 0.5) is 18.9 Å². The molecule has 0 fully saturated rings. The molecule has 0 bridgehead atoms. The Balaban J connectivity index is 2.10. The van der Waals surface area contributed by atoms with Gasteiger partial charge in [-0.25, -0.2) is 0 Å². The van der Waals surface area contributed by atoms with Crippen LogP contribution in [0.25, 0.3) is 10.9 Å². The molecular formula is C17H15F3N6O2. The number of ether oxygens (including phenoxy) is 1. The van der Waals surface area contributed by atoms with Crippen molar-refractivity contribution in [3.05, 3.63) is 47.9 Å². The smallest absolute Gasteiger partial charge is 0.417 e. The number of aromatic amines is 1. The third kappa shape index (κ3) is 3.68. The standard InChI is InChI=1S/C17H15F3N6O2/c1-26(16(22)23)15(27)14-5-11-12(17(18,19)20)3-9(4-13(11)25-14)28-10-2-8(21)6-24-7-10/h2-7,25H,21H2,1H3,(H3,22,23). The molecule has 0 saturated carbocycles. The predicted octanol–water partition coefficient (Wildman–Crippen LogP) is 2.92. The van der Waals surface area contributed by atoms with E-state index >= 15 is 0 Å². The van der Waals surface area contributed by atoms with E-state index in [-0.39, 0.29) is 33.8 Å². The summed E-state index contributed by atoms with van der Waals surface area (Å²) in [6.07, 6.45) is -2.02. The average Bonchev–Trinajstić information content (AvgIpc) is 3.02. The Morgan fingerprint density at radius 2 is 1.93 bits per heavy atom. The van der Waals surface area contributed by atoms with Crippen molar-refractivity contribution >= 4 is 28.5 Å². The number of aromatic nitrogens is 2. The van der Waals surface area contributed by atoms with Crippen molar-refractivity contribution < 1.29 is 22.7 Å². The van der Waals surface area contributed by atoms with Crippen LogP contribution in [0.1, 0.15) is 16.1 Å². The van der Waals surface area contributed by atoms with Crippen molar-refractivity contribution in [3.8, 4) is 11.5 Å². The zero-order valence-corrected chi connectivity index (χ0v) is 14.5. The third-order valence-electron chi connectivity index (χ3n) is 3.88. The number of nitrogens with two attached hydrogens (primary N) is 2. The van der Waals surface area contributed by atoms with Gasteiger partial charge in [-0.2, -0.15) is 13.2 Å². The molecule has 2 heterocycles. The number of carbonyl (C=O) groups is 1. The first-order chi connectivity index (χ1) is 13.1. The van der Waals surface area contributed by atoms with E-state index in [0.29, 0.717) is 0 Å². The molecule has 0 aliphatic heterocycles. The first-order valence-electron chi connectivity index (χ1n) is 7.80. The number of fused-ring (bicyclic) bond motifs is 1. The lowest BCUT2D eigenvalue weighted by Crippen LogP contribution is -2.38. The second-order valence-corrected chi connectivity index (χ2v) is 5.92. The molecule has 11 heteroatoms. The SMILES string of the molecule is CN(C(=N)N)C(=O)c1cc2c(C(F)(F)F)cc(Oc3cncc(N)c3)cc2[nH]1. The molecule has 0 saturated heterocycles. The Morgan fingerprint density at radius 1 is 1.21 bits per heavy atom. The molecule has 1 aromatic carbocycles. The number of rotatable bonds is 3. The number of pyridine rings is 1. The lowest BCUT2D eigenvalue weighted by atomic mass is 10.1. The number of alkyl halides is 3. The quantitative estimate of drug-likeness (QED) is 0.402. The number of hydrogen-bond donors (Lipinski definition) is 4. The molecule has 28 heavy (non-hydrogen) atoms. The monoisotopic (exact) mass is 392 g/mol. The highest BCUT2D eigenvalue weighted by Crippen LogP contribution is 2.39. The van der Waals surface area contributed by atoms with E-state index in [1.54, 1.807) is 0 Å². The molecule has 1 amide bonds. The summed E-state index contributed by atoms with van der Waals surface area (Å²) in [6, 6.07) is 4.61. The number of nitrogen functional groups attached to an aromatic ring is 1. The van der Waals surface area contributed by atoms with Gasteiger partial charge < -0.3 is 21.2 Å². The highest BCUT2D eigenvalue weighted by molar-refractivity contribution is 6.06. The summed E-state index contributed by atoms with van der Waals surface area (Å²) < 4.78 is 46.1. The molecule has 0 aliphatic rings. The van der Waals surface area contributed by atoms with Crippen LogP contribution in [0.15, 0.2) is 36.7 Å². The molecule has 0 aliphatic carbocycles. The zero-order valence-electron chi connectivity index (χ0n) is 14.5. The Kier molecular flexibility index (Phi) is 4.59. The average molecular weight is 392 g/mol. The van der Waals surface area contributed by atoms with Crippen LogP contribution in [0.3, 0.4) is 0 Å². The molecule has 0 unspecified atom stereocenters. The molecule has 0 atom stereocenters. The summed E-state index contributed by atoms with van der Waals surface area (Å²) in [4.78, 5) is 19.5. The third-order valence-corrected chi connectivity index (χ3v) is 3.88. The molecule has 8 nitrogen and oxygen atoms in total. The molecule has 2 aromatic heterocycles. The van der Waals surface area contributed by atoms with Crippen molar-refractivity contribution in [1.29, 1.82) is 5.41 Å². The van der Waals surface area contributed by atoms with Gasteiger partial charge in [0.1, 0.15) is 17.2 Å². The summed E-state index contributed by atoms with van der Waals surface area (Å²) in [5.74, 6) is -1.25. The Hall–Kier alpha value is -3.76. The minimum absolute atomic E-state index is 0.0296. The number of benzene rings is 1. The van der Waals surface area contributed by atoms with Crippen molar-refractivity contribution in [2.75, 3.05) is 12.8 Å². The number of hydrogen-bond acceptors (Lipinski definition) is 5. The van der Waals surface area contributed by atoms with Gasteiger partial charge >= 0.3 is 6.18 Å². The van der Waals surface area contributed by atoms with Gasteiger partial charge in [0, 0.05) is 24.6 Å². The van der Waals surface area contributed by atoms with E-state index < -0.39 is 23.6 Å². The first kappa shape index (κ1) is 19.0. The van der Waals surface area contributed by atoms with Crippen molar-refractivity contribution in [2.45, 2.75) is 6.18 Å². The van der Waals surface area contributed by atoms with Gasteiger partial charge in [-0.1, -0.05) is 0 Å². The number of carbonyl (C=O) groups excluding carboxylic acids is 1. The summed E-state index contributed by atoms with van der Waals surface area (Å²) in [6.45, 7) is 0. The van der Waals surface area contributed by atoms with Crippen molar-refractivity contribution in [1.82, 2.24) is 14.9 Å². The van der Waals surface area contributed by atoms with E-state index in [2.05, 4.69) is 9.97 Å². The number of nitrogens with zero attached hydrogens (tertiary/aromatic N) is 2. The van der Waals surface area contributed by atoms with E-state index in [4.69, 9.17) is 21.6 Å². The van der Waals surface area contributed by atoms with Crippen molar-refractivity contribution in [3.63, 3.8) is 0 Å². The normalized spacial score (nSPS) is 11.4. The number of nitrogens with one attached hydrogen (secondary N) is 2. The van der Waals surface area contributed by atoms with Crippen LogP contribution in [0.5, 0.6) is 11.5 Å². The van der Waals surface area contributed by atoms with Crippen LogP contribution in [0, 0.1) is 5.41 Å². The number of amides is 1. The molecule has 146 valence electrons. The fourth-order valence-electron chi connectivity index (χ4n) is 2.54. The molecule has 6 N–H and O–H groups in total. The van der Waals surface area contributed by atoms with E-state index in [9.17, 15) is 18.0 Å². The van der Waals surface area contributed by atoms with Gasteiger partial charge in [0.25, 0.3) is 5.91 Å². The summed E-state index contributed by atoms with van der Waals surface area (Å²) >= 11 is 0. The number of halogens is 3. The fourth-order valence-corrected chi connectivity index (χ4v) is 2.54. The second kappa shape index (κ2) is 6.76. The fraction of sp³-hybridized carbons (Fsp3) is 0.118. The van der Waals surface area contributed by atoms with Gasteiger partial charge in [-0.05, 0) is 12.1 Å². The van der Waals surface area contributed by atoms with Crippen LogP contribution >= 0.6 is 0 Å². The lowest BCUT2D eigenvalue weighted by molar-refractivity contribution is -0.136. The van der Waals surface area contributed by atoms with E-state index in [1.165, 1.54) is 31.6 Å². The van der Waals surface area contributed by atoms with Gasteiger partial charge in [0.05, 0.1) is 29.2 Å². The molecule has 0 spiro atoms. The first-order valence-corrected chi connectivity index (χ1v) is 7.80. The van der Waals surface area contributed by atoms with E-state index in [1.807, 2.05) is 0 Å². The van der Waals surface area contributed by atoms with Gasteiger partial charge in [0.2, 0.25) is 0 Å².